The molecule has 1 amide bonds. The lowest BCUT2D eigenvalue weighted by Crippen LogP contribution is -2.33. The molecule has 5 nitrogen and oxygen atoms in total. The normalized spacial score (nSPS) is 13.7. The first-order chi connectivity index (χ1) is 12.5. The van der Waals surface area contributed by atoms with E-state index >= 15 is 0 Å². The van der Waals surface area contributed by atoms with Crippen molar-refractivity contribution >= 4 is 16.9 Å². The number of H-pyrrole nitrogens is 1. The van der Waals surface area contributed by atoms with E-state index in [1.54, 1.807) is 0 Å². The molecule has 138 valence electrons. The Bertz CT molecular complexity index is 840. The Balaban J connectivity index is 1.73. The van der Waals surface area contributed by atoms with Crippen molar-refractivity contribution < 1.29 is 4.79 Å². The Morgan fingerprint density at radius 1 is 1.19 bits per heavy atom. The number of carbonyl (C=O) groups excluding carboxylic acids is 1. The van der Waals surface area contributed by atoms with Crippen LogP contribution in [0.4, 0.5) is 0 Å². The summed E-state index contributed by atoms with van der Waals surface area (Å²) in [5.41, 5.74) is 4.31. The highest BCUT2D eigenvalue weighted by atomic mass is 16.1. The van der Waals surface area contributed by atoms with Gasteiger partial charge in [-0.05, 0) is 44.0 Å². The molecule has 0 aliphatic rings. The second kappa shape index (κ2) is 7.77. The Hall–Kier alpha value is -2.56. The van der Waals surface area contributed by atoms with Crippen LogP contribution in [-0.2, 0) is 11.3 Å². The summed E-state index contributed by atoms with van der Waals surface area (Å²) in [7, 11) is 0. The fourth-order valence-corrected chi connectivity index (χ4v) is 3.35. The van der Waals surface area contributed by atoms with Crippen LogP contribution in [0.1, 0.15) is 49.9 Å². The van der Waals surface area contributed by atoms with Gasteiger partial charge < -0.3 is 14.9 Å². The number of benzene rings is 1. The molecule has 26 heavy (non-hydrogen) atoms. The van der Waals surface area contributed by atoms with Gasteiger partial charge >= 0.3 is 0 Å². The molecule has 0 aliphatic carbocycles. The van der Waals surface area contributed by atoms with Gasteiger partial charge in [-0.3, -0.25) is 4.79 Å². The lowest BCUT2D eigenvalue weighted by molar-refractivity contribution is -0.122. The summed E-state index contributed by atoms with van der Waals surface area (Å²) in [4.78, 5) is 20.7. The van der Waals surface area contributed by atoms with Crippen molar-refractivity contribution in [3.05, 3.63) is 53.6 Å². The van der Waals surface area contributed by atoms with Gasteiger partial charge in [0.15, 0.2) is 0 Å². The molecule has 2 heterocycles. The number of aromatic nitrogens is 3. The lowest BCUT2D eigenvalue weighted by atomic mass is 9.98. The van der Waals surface area contributed by atoms with E-state index in [0.29, 0.717) is 18.9 Å². The highest BCUT2D eigenvalue weighted by Crippen LogP contribution is 2.24. The Morgan fingerprint density at radius 2 is 1.88 bits per heavy atom. The van der Waals surface area contributed by atoms with E-state index in [1.165, 1.54) is 11.4 Å². The number of imidazole rings is 1. The third-order valence-corrected chi connectivity index (χ3v) is 5.21. The van der Waals surface area contributed by atoms with Gasteiger partial charge in [0.25, 0.3) is 0 Å². The number of amides is 1. The summed E-state index contributed by atoms with van der Waals surface area (Å²) in [6.07, 6.45) is 1.43. The number of carbonyl (C=O) groups is 1. The summed E-state index contributed by atoms with van der Waals surface area (Å²) in [5.74, 6) is 1.19. The van der Waals surface area contributed by atoms with Crippen LogP contribution in [0.2, 0.25) is 0 Å². The zero-order valence-electron chi connectivity index (χ0n) is 16.0. The molecule has 2 atom stereocenters. The summed E-state index contributed by atoms with van der Waals surface area (Å²) in [6, 6.07) is 12.0. The fraction of sp³-hybridized carbons (Fsp3) is 0.429. The Morgan fingerprint density at radius 3 is 2.54 bits per heavy atom. The van der Waals surface area contributed by atoms with E-state index < -0.39 is 0 Å². The van der Waals surface area contributed by atoms with Crippen LogP contribution >= 0.6 is 0 Å². The number of nitrogens with zero attached hydrogens (tertiary/aromatic N) is 2. The molecular weight excluding hydrogens is 324 g/mol. The molecule has 3 rings (SSSR count). The van der Waals surface area contributed by atoms with E-state index in [-0.39, 0.29) is 11.9 Å². The molecule has 0 radical (unpaired) electrons. The van der Waals surface area contributed by atoms with E-state index in [4.69, 9.17) is 4.98 Å². The zero-order chi connectivity index (χ0) is 18.7. The maximum absolute atomic E-state index is 12.6. The quantitative estimate of drug-likeness (QED) is 0.667. The third kappa shape index (κ3) is 3.82. The lowest BCUT2D eigenvalue weighted by Gasteiger charge is -2.22. The molecule has 3 aromatic rings. The van der Waals surface area contributed by atoms with Gasteiger partial charge in [0.1, 0.15) is 5.82 Å². The number of aromatic amines is 1. The van der Waals surface area contributed by atoms with Crippen LogP contribution in [0.25, 0.3) is 11.0 Å². The second-order valence-electron chi connectivity index (χ2n) is 7.09. The van der Waals surface area contributed by atoms with Gasteiger partial charge in [0.05, 0.1) is 17.1 Å². The van der Waals surface area contributed by atoms with E-state index in [0.717, 1.165) is 23.3 Å². The minimum absolute atomic E-state index is 0.0586. The summed E-state index contributed by atoms with van der Waals surface area (Å²) < 4.78 is 2.18. The molecule has 0 saturated carbocycles. The molecule has 0 unspecified atom stereocenters. The molecular formula is C21H28N4O. The Labute approximate surface area is 154 Å². The van der Waals surface area contributed by atoms with Crippen LogP contribution in [0.15, 0.2) is 36.4 Å². The number of rotatable bonds is 7. The number of nitrogens with one attached hydrogen (secondary N) is 2. The van der Waals surface area contributed by atoms with E-state index in [2.05, 4.69) is 54.7 Å². The number of hydrogen-bond donors (Lipinski definition) is 2. The predicted octanol–water partition coefficient (Wildman–Crippen LogP) is 4.27. The number of aryl methyl sites for hydroxylation is 2. The zero-order valence-corrected chi connectivity index (χ0v) is 16.0. The van der Waals surface area contributed by atoms with Crippen molar-refractivity contribution in [2.75, 3.05) is 0 Å². The van der Waals surface area contributed by atoms with Gasteiger partial charge in [0.2, 0.25) is 5.91 Å². The maximum Gasteiger partial charge on any atom is 0.222 e. The average Bonchev–Trinajstić information content (AvgIpc) is 3.20. The molecule has 0 spiro atoms. The second-order valence-corrected chi connectivity index (χ2v) is 7.09. The predicted molar refractivity (Wildman–Crippen MR) is 105 cm³/mol. The number of para-hydroxylation sites is 2. The molecule has 1 aromatic carbocycles. The van der Waals surface area contributed by atoms with Crippen LogP contribution in [-0.4, -0.2) is 20.4 Å². The minimum atomic E-state index is -0.105. The Kier molecular flexibility index (Phi) is 5.45. The maximum atomic E-state index is 12.6. The molecule has 0 saturated heterocycles. The topological polar surface area (TPSA) is 62.7 Å². The summed E-state index contributed by atoms with van der Waals surface area (Å²) in [5, 5.41) is 3.20. The highest BCUT2D eigenvalue weighted by Gasteiger charge is 2.23. The van der Waals surface area contributed by atoms with Crippen molar-refractivity contribution in [2.24, 2.45) is 5.92 Å². The van der Waals surface area contributed by atoms with Crippen LogP contribution in [0.3, 0.4) is 0 Å². The standard InChI is InChI=1S/C21H28N4O/c1-5-14(2)20(21-22-17-8-6-7-9-18(17)23-21)24-19(26)12-13-25-15(3)10-11-16(25)4/h6-11,14,20H,5,12-13H2,1-4H3,(H,22,23)(H,24,26)/t14-,20+/m0/s1. The number of hydrogen-bond acceptors (Lipinski definition) is 2. The third-order valence-electron chi connectivity index (χ3n) is 5.21. The first kappa shape index (κ1) is 18.2. The summed E-state index contributed by atoms with van der Waals surface area (Å²) in [6.45, 7) is 9.13. The SMILES string of the molecule is CC[C@H](C)[C@@H](NC(=O)CCn1c(C)ccc1C)c1nc2ccccc2[nH]1. The van der Waals surface area contributed by atoms with Gasteiger partial charge in [-0.15, -0.1) is 0 Å². The first-order valence-electron chi connectivity index (χ1n) is 9.36. The molecule has 2 aromatic heterocycles. The van der Waals surface area contributed by atoms with Gasteiger partial charge in [-0.25, -0.2) is 4.98 Å². The van der Waals surface area contributed by atoms with Crippen molar-refractivity contribution in [2.45, 2.75) is 53.1 Å². The van der Waals surface area contributed by atoms with Crippen molar-refractivity contribution in [1.82, 2.24) is 19.9 Å². The minimum Gasteiger partial charge on any atom is -0.349 e. The average molecular weight is 352 g/mol. The van der Waals surface area contributed by atoms with Gasteiger partial charge in [0, 0.05) is 24.4 Å². The van der Waals surface area contributed by atoms with Gasteiger partial charge in [-0.1, -0.05) is 32.4 Å². The molecule has 2 N–H and O–H groups in total. The number of fused-ring (bicyclic) bond motifs is 1. The van der Waals surface area contributed by atoms with Crippen molar-refractivity contribution in [3.63, 3.8) is 0 Å². The smallest absolute Gasteiger partial charge is 0.222 e. The van der Waals surface area contributed by atoms with E-state index in [9.17, 15) is 4.79 Å². The highest BCUT2D eigenvalue weighted by molar-refractivity contribution is 5.77. The van der Waals surface area contributed by atoms with Gasteiger partial charge in [-0.2, -0.15) is 0 Å². The first-order valence-corrected chi connectivity index (χ1v) is 9.36. The van der Waals surface area contributed by atoms with E-state index in [1.807, 2.05) is 24.3 Å². The molecule has 5 heteroatoms. The summed E-state index contributed by atoms with van der Waals surface area (Å²) >= 11 is 0. The molecule has 0 bridgehead atoms. The largest absolute Gasteiger partial charge is 0.349 e. The van der Waals surface area contributed by atoms with Crippen LogP contribution < -0.4 is 5.32 Å². The van der Waals surface area contributed by atoms with Crippen molar-refractivity contribution in [3.8, 4) is 0 Å². The molecule has 0 fully saturated rings. The van der Waals surface area contributed by atoms with Crippen molar-refractivity contribution in [1.29, 1.82) is 0 Å². The fourth-order valence-electron chi connectivity index (χ4n) is 3.35. The molecule has 0 aliphatic heterocycles. The van der Waals surface area contributed by atoms with Crippen LogP contribution in [0.5, 0.6) is 0 Å². The monoisotopic (exact) mass is 352 g/mol. The van der Waals surface area contributed by atoms with Crippen LogP contribution in [0, 0.1) is 19.8 Å².